The van der Waals surface area contributed by atoms with E-state index >= 15 is 0 Å². The van der Waals surface area contributed by atoms with Gasteiger partial charge in [-0.3, -0.25) is 4.79 Å². The summed E-state index contributed by atoms with van der Waals surface area (Å²) in [5.41, 5.74) is 1.12. The van der Waals surface area contributed by atoms with E-state index in [-0.39, 0.29) is 17.2 Å². The molecule has 0 spiro atoms. The Bertz CT molecular complexity index is 973. The number of aryl methyl sites for hydroxylation is 1. The van der Waals surface area contributed by atoms with E-state index in [0.29, 0.717) is 34.9 Å². The van der Waals surface area contributed by atoms with Gasteiger partial charge >= 0.3 is 0 Å². The van der Waals surface area contributed by atoms with Crippen molar-refractivity contribution in [3.05, 3.63) is 42.0 Å². The Morgan fingerprint density at radius 1 is 0.966 bits per heavy atom. The second-order valence-corrected chi connectivity index (χ2v) is 8.53. The summed E-state index contributed by atoms with van der Waals surface area (Å²) in [6.45, 7) is 0. The minimum absolute atomic E-state index is 0.127. The van der Waals surface area contributed by atoms with Gasteiger partial charge in [0.05, 0.1) is 31.9 Å². The van der Waals surface area contributed by atoms with Crippen LogP contribution in [0.25, 0.3) is 0 Å². The first-order valence-electron chi connectivity index (χ1n) is 8.84. The summed E-state index contributed by atoms with van der Waals surface area (Å²) in [6, 6.07) is 9.71. The predicted octanol–water partition coefficient (Wildman–Crippen LogP) is 2.53. The van der Waals surface area contributed by atoms with Crippen molar-refractivity contribution >= 4 is 21.6 Å². The number of sulfonamides is 1. The molecule has 8 nitrogen and oxygen atoms in total. The zero-order valence-electron chi connectivity index (χ0n) is 17.2. The molecule has 0 fully saturated rings. The van der Waals surface area contributed by atoms with E-state index in [0.717, 1.165) is 4.31 Å². The van der Waals surface area contributed by atoms with Crippen LogP contribution >= 0.6 is 0 Å². The highest BCUT2D eigenvalue weighted by atomic mass is 32.2. The average molecular weight is 423 g/mol. The Morgan fingerprint density at radius 3 is 2.21 bits per heavy atom. The molecule has 0 saturated carbocycles. The van der Waals surface area contributed by atoms with Crippen LogP contribution in [0.5, 0.6) is 17.2 Å². The second-order valence-electron chi connectivity index (χ2n) is 6.38. The molecule has 0 aromatic heterocycles. The molecule has 0 aliphatic heterocycles. The maximum Gasteiger partial charge on any atom is 0.242 e. The Morgan fingerprint density at radius 2 is 1.62 bits per heavy atom. The molecule has 2 aromatic carbocycles. The van der Waals surface area contributed by atoms with Gasteiger partial charge in [-0.2, -0.15) is 0 Å². The zero-order valence-corrected chi connectivity index (χ0v) is 18.0. The fraction of sp³-hybridized carbons (Fsp3) is 0.350. The van der Waals surface area contributed by atoms with Gasteiger partial charge in [0.15, 0.2) is 0 Å². The van der Waals surface area contributed by atoms with Crippen LogP contribution in [-0.2, 0) is 21.2 Å². The average Bonchev–Trinajstić information content (AvgIpc) is 2.71. The Labute approximate surface area is 171 Å². The van der Waals surface area contributed by atoms with Gasteiger partial charge in [0.2, 0.25) is 15.9 Å². The van der Waals surface area contributed by atoms with Gasteiger partial charge in [-0.05, 0) is 42.3 Å². The van der Waals surface area contributed by atoms with Crippen LogP contribution in [0.2, 0.25) is 0 Å². The van der Waals surface area contributed by atoms with Gasteiger partial charge in [-0.1, -0.05) is 0 Å². The first kappa shape index (κ1) is 22.5. The number of ether oxygens (including phenoxy) is 3. The lowest BCUT2D eigenvalue weighted by molar-refractivity contribution is -0.116. The lowest BCUT2D eigenvalue weighted by Gasteiger charge is -2.15. The molecule has 0 radical (unpaired) electrons. The first-order chi connectivity index (χ1) is 13.7. The highest BCUT2D eigenvalue weighted by Crippen LogP contribution is 2.29. The SMILES string of the molecule is COc1ccc(OC)c(NC(=O)CCc2cc(S(=O)(=O)N(C)C)ccc2OC)c1. The smallest absolute Gasteiger partial charge is 0.242 e. The van der Waals surface area contributed by atoms with E-state index in [2.05, 4.69) is 5.32 Å². The molecule has 0 saturated heterocycles. The van der Waals surface area contributed by atoms with Gasteiger partial charge in [0.25, 0.3) is 0 Å². The summed E-state index contributed by atoms with van der Waals surface area (Å²) in [5.74, 6) is 1.37. The molecule has 0 aliphatic carbocycles. The highest BCUT2D eigenvalue weighted by Gasteiger charge is 2.19. The van der Waals surface area contributed by atoms with Gasteiger partial charge < -0.3 is 19.5 Å². The molecular formula is C20H26N2O6S. The molecule has 0 unspecified atom stereocenters. The van der Waals surface area contributed by atoms with Crippen LogP contribution in [0.1, 0.15) is 12.0 Å². The Balaban J connectivity index is 2.18. The summed E-state index contributed by atoms with van der Waals surface area (Å²) >= 11 is 0. The van der Waals surface area contributed by atoms with Gasteiger partial charge in [-0.25, -0.2) is 12.7 Å². The largest absolute Gasteiger partial charge is 0.497 e. The quantitative estimate of drug-likeness (QED) is 0.667. The van der Waals surface area contributed by atoms with Crippen molar-refractivity contribution in [1.82, 2.24) is 4.31 Å². The fourth-order valence-electron chi connectivity index (χ4n) is 2.69. The fourth-order valence-corrected chi connectivity index (χ4v) is 3.65. The summed E-state index contributed by atoms with van der Waals surface area (Å²) < 4.78 is 41.6. The Hall–Kier alpha value is -2.78. The molecular weight excluding hydrogens is 396 g/mol. The molecule has 1 amide bonds. The number of rotatable bonds is 9. The van der Waals surface area contributed by atoms with Crippen molar-refractivity contribution < 1.29 is 27.4 Å². The molecule has 9 heteroatoms. The third-order valence-corrected chi connectivity index (χ3v) is 6.14. The van der Waals surface area contributed by atoms with E-state index in [1.54, 1.807) is 24.3 Å². The third kappa shape index (κ3) is 5.39. The van der Waals surface area contributed by atoms with Gasteiger partial charge in [0, 0.05) is 26.6 Å². The summed E-state index contributed by atoms with van der Waals surface area (Å²) in [7, 11) is 3.90. The standard InChI is InChI=1S/C20H26N2O6S/c1-22(2)29(24,25)16-8-10-18(27-4)14(12-16)6-11-20(23)21-17-13-15(26-3)7-9-19(17)28-5/h7-10,12-13H,6,11H2,1-5H3,(H,21,23). The molecule has 0 aliphatic rings. The van der Waals surface area contributed by atoms with Gasteiger partial charge in [0.1, 0.15) is 17.2 Å². The number of carbonyl (C=O) groups excluding carboxylic acids is 1. The number of carbonyl (C=O) groups is 1. The van der Waals surface area contributed by atoms with Crippen molar-refractivity contribution in [3.63, 3.8) is 0 Å². The van der Waals surface area contributed by atoms with E-state index in [9.17, 15) is 13.2 Å². The van der Waals surface area contributed by atoms with E-state index in [1.807, 2.05) is 0 Å². The number of amides is 1. The summed E-state index contributed by atoms with van der Waals surface area (Å²) in [4.78, 5) is 12.6. The third-order valence-electron chi connectivity index (χ3n) is 4.33. The second kappa shape index (κ2) is 9.62. The van der Waals surface area contributed by atoms with E-state index < -0.39 is 10.0 Å². The normalized spacial score (nSPS) is 11.2. The van der Waals surface area contributed by atoms with Crippen molar-refractivity contribution in [2.75, 3.05) is 40.7 Å². The molecule has 29 heavy (non-hydrogen) atoms. The monoisotopic (exact) mass is 422 g/mol. The number of benzene rings is 2. The number of nitrogens with zero attached hydrogens (tertiary/aromatic N) is 1. The summed E-state index contributed by atoms with van der Waals surface area (Å²) in [6.07, 6.45) is 0.431. The van der Waals surface area contributed by atoms with Crippen LogP contribution in [0, 0.1) is 0 Å². The molecule has 1 N–H and O–H groups in total. The summed E-state index contributed by atoms with van der Waals surface area (Å²) in [5, 5.41) is 2.80. The lowest BCUT2D eigenvalue weighted by atomic mass is 10.1. The van der Waals surface area contributed by atoms with E-state index in [4.69, 9.17) is 14.2 Å². The lowest BCUT2D eigenvalue weighted by Crippen LogP contribution is -2.22. The van der Waals surface area contributed by atoms with Crippen molar-refractivity contribution in [2.45, 2.75) is 17.7 Å². The predicted molar refractivity (Wildman–Crippen MR) is 110 cm³/mol. The molecule has 158 valence electrons. The number of methoxy groups -OCH3 is 3. The first-order valence-corrected chi connectivity index (χ1v) is 10.3. The van der Waals surface area contributed by atoms with Crippen LogP contribution in [-0.4, -0.2) is 54.1 Å². The minimum atomic E-state index is -3.58. The van der Waals surface area contributed by atoms with E-state index in [1.165, 1.54) is 47.6 Å². The topological polar surface area (TPSA) is 94.2 Å². The Kier molecular flexibility index (Phi) is 7.46. The van der Waals surface area contributed by atoms with Crippen molar-refractivity contribution in [2.24, 2.45) is 0 Å². The van der Waals surface area contributed by atoms with Crippen LogP contribution < -0.4 is 19.5 Å². The maximum atomic E-state index is 12.5. The molecule has 0 bridgehead atoms. The molecule has 0 heterocycles. The molecule has 2 rings (SSSR count). The molecule has 0 atom stereocenters. The van der Waals surface area contributed by atoms with Crippen LogP contribution in [0.15, 0.2) is 41.3 Å². The van der Waals surface area contributed by atoms with Crippen molar-refractivity contribution in [1.29, 1.82) is 0 Å². The molecule has 2 aromatic rings. The highest BCUT2D eigenvalue weighted by molar-refractivity contribution is 7.89. The maximum absolute atomic E-state index is 12.5. The minimum Gasteiger partial charge on any atom is -0.497 e. The van der Waals surface area contributed by atoms with Crippen LogP contribution in [0.3, 0.4) is 0 Å². The van der Waals surface area contributed by atoms with Gasteiger partial charge in [-0.15, -0.1) is 0 Å². The van der Waals surface area contributed by atoms with Crippen LogP contribution in [0.4, 0.5) is 5.69 Å². The van der Waals surface area contributed by atoms with Crippen molar-refractivity contribution in [3.8, 4) is 17.2 Å². The number of nitrogens with one attached hydrogen (secondary N) is 1. The number of anilines is 1. The number of hydrogen-bond acceptors (Lipinski definition) is 6. The zero-order chi connectivity index (χ0) is 21.6. The number of hydrogen-bond donors (Lipinski definition) is 1.